The molecular formula is C16H19ClFN. The summed E-state index contributed by atoms with van der Waals surface area (Å²) in [6, 6.07) is 7.29. The lowest BCUT2D eigenvalue weighted by atomic mass is 9.68. The molecule has 1 aliphatic rings. The Hall–Kier alpha value is -1.07. The fraction of sp³-hybridized carbons (Fsp3) is 0.562. The van der Waals surface area contributed by atoms with Crippen molar-refractivity contribution in [2.24, 2.45) is 11.3 Å². The van der Waals surface area contributed by atoms with Crippen LogP contribution in [0, 0.1) is 28.5 Å². The summed E-state index contributed by atoms with van der Waals surface area (Å²) >= 11 is 5.81. The first-order chi connectivity index (χ1) is 9.08. The topological polar surface area (TPSA) is 23.8 Å². The molecule has 0 bridgehead atoms. The van der Waals surface area contributed by atoms with E-state index in [2.05, 4.69) is 13.0 Å². The molecule has 102 valence electrons. The molecule has 0 atom stereocenters. The predicted molar refractivity (Wildman–Crippen MR) is 75.4 cm³/mol. The van der Waals surface area contributed by atoms with Gasteiger partial charge in [0.05, 0.1) is 16.5 Å². The van der Waals surface area contributed by atoms with Gasteiger partial charge in [0.15, 0.2) is 0 Å². The zero-order valence-corrected chi connectivity index (χ0v) is 12.0. The number of hydrogen-bond acceptors (Lipinski definition) is 1. The highest BCUT2D eigenvalue weighted by molar-refractivity contribution is 6.30. The third-order valence-corrected chi connectivity index (χ3v) is 4.69. The Balaban J connectivity index is 2.11. The van der Waals surface area contributed by atoms with E-state index in [0.29, 0.717) is 6.42 Å². The maximum Gasteiger partial charge on any atom is 0.141 e. The maximum absolute atomic E-state index is 13.2. The zero-order chi connectivity index (χ0) is 13.9. The van der Waals surface area contributed by atoms with Crippen molar-refractivity contribution in [3.63, 3.8) is 0 Å². The van der Waals surface area contributed by atoms with Crippen molar-refractivity contribution in [2.45, 2.75) is 45.4 Å². The van der Waals surface area contributed by atoms with Crippen LogP contribution in [0.1, 0.15) is 44.6 Å². The van der Waals surface area contributed by atoms with Gasteiger partial charge in [0.25, 0.3) is 0 Å². The lowest BCUT2D eigenvalue weighted by Gasteiger charge is -2.34. The van der Waals surface area contributed by atoms with Crippen molar-refractivity contribution in [1.82, 2.24) is 0 Å². The Labute approximate surface area is 119 Å². The molecule has 1 aliphatic carbocycles. The van der Waals surface area contributed by atoms with E-state index in [4.69, 9.17) is 11.6 Å². The van der Waals surface area contributed by atoms with E-state index < -0.39 is 5.82 Å². The van der Waals surface area contributed by atoms with Gasteiger partial charge < -0.3 is 0 Å². The van der Waals surface area contributed by atoms with E-state index in [1.54, 1.807) is 12.1 Å². The average molecular weight is 280 g/mol. The molecule has 1 fully saturated rings. The van der Waals surface area contributed by atoms with Crippen LogP contribution < -0.4 is 0 Å². The molecule has 1 aromatic rings. The fourth-order valence-electron chi connectivity index (χ4n) is 3.01. The molecule has 0 N–H and O–H groups in total. The molecular weight excluding hydrogens is 261 g/mol. The minimum absolute atomic E-state index is 0.146. The standard InChI is InChI=1S/C16H19ClFN/c1-2-12-5-7-16(11-19,8-6-12)10-13-3-4-15(18)14(17)9-13/h3-4,9,12H,2,5-8,10H2,1H3. The van der Waals surface area contributed by atoms with E-state index in [1.807, 2.05) is 0 Å². The van der Waals surface area contributed by atoms with Crippen molar-refractivity contribution in [3.8, 4) is 6.07 Å². The summed E-state index contributed by atoms with van der Waals surface area (Å²) in [7, 11) is 0. The van der Waals surface area contributed by atoms with Crippen molar-refractivity contribution in [1.29, 1.82) is 5.26 Å². The first kappa shape index (κ1) is 14.3. The largest absolute Gasteiger partial charge is 0.205 e. The molecule has 0 aliphatic heterocycles. The second-order valence-corrected chi connectivity index (χ2v) is 6.08. The van der Waals surface area contributed by atoms with E-state index in [9.17, 15) is 9.65 Å². The molecule has 3 heteroatoms. The van der Waals surface area contributed by atoms with Gasteiger partial charge in [-0.05, 0) is 55.7 Å². The van der Waals surface area contributed by atoms with Crippen molar-refractivity contribution < 1.29 is 4.39 Å². The summed E-state index contributed by atoms with van der Waals surface area (Å²) in [6.07, 6.45) is 6.01. The zero-order valence-electron chi connectivity index (χ0n) is 11.3. The van der Waals surface area contributed by atoms with E-state index in [0.717, 1.165) is 37.2 Å². The molecule has 19 heavy (non-hydrogen) atoms. The summed E-state index contributed by atoms with van der Waals surface area (Å²) in [5, 5.41) is 9.67. The Morgan fingerprint density at radius 2 is 2.11 bits per heavy atom. The number of nitriles is 1. The van der Waals surface area contributed by atoms with Crippen LogP contribution in [0.3, 0.4) is 0 Å². The first-order valence-electron chi connectivity index (χ1n) is 6.94. The third kappa shape index (κ3) is 3.28. The minimum atomic E-state index is -0.397. The van der Waals surface area contributed by atoms with E-state index in [-0.39, 0.29) is 10.4 Å². The summed E-state index contributed by atoms with van der Waals surface area (Å²) < 4.78 is 13.2. The van der Waals surface area contributed by atoms with Crippen molar-refractivity contribution in [2.75, 3.05) is 0 Å². The first-order valence-corrected chi connectivity index (χ1v) is 7.31. The molecule has 1 saturated carbocycles. The molecule has 2 rings (SSSR count). The van der Waals surface area contributed by atoms with Crippen LogP contribution in [0.25, 0.3) is 0 Å². The summed E-state index contributed by atoms with van der Waals surface area (Å²) in [6.45, 7) is 2.21. The number of nitrogens with zero attached hydrogens (tertiary/aromatic N) is 1. The van der Waals surface area contributed by atoms with Crippen LogP contribution in [-0.2, 0) is 6.42 Å². The van der Waals surface area contributed by atoms with Gasteiger partial charge in [-0.3, -0.25) is 0 Å². The van der Waals surface area contributed by atoms with Crippen LogP contribution in [0.4, 0.5) is 4.39 Å². The van der Waals surface area contributed by atoms with Gasteiger partial charge in [0, 0.05) is 0 Å². The molecule has 0 heterocycles. The highest BCUT2D eigenvalue weighted by atomic mass is 35.5. The van der Waals surface area contributed by atoms with Gasteiger partial charge in [-0.25, -0.2) is 4.39 Å². The fourth-order valence-corrected chi connectivity index (χ4v) is 3.21. The Morgan fingerprint density at radius 3 is 2.63 bits per heavy atom. The van der Waals surface area contributed by atoms with Crippen molar-refractivity contribution in [3.05, 3.63) is 34.6 Å². The number of halogens is 2. The maximum atomic E-state index is 13.2. The summed E-state index contributed by atoms with van der Waals surface area (Å²) in [5.41, 5.74) is 0.676. The molecule has 0 aromatic heterocycles. The van der Waals surface area contributed by atoms with Gasteiger partial charge in [-0.15, -0.1) is 0 Å². The average Bonchev–Trinajstić information content (AvgIpc) is 2.44. The molecule has 1 nitrogen and oxygen atoms in total. The molecule has 0 saturated heterocycles. The highest BCUT2D eigenvalue weighted by Gasteiger charge is 2.35. The second kappa shape index (κ2) is 5.92. The van der Waals surface area contributed by atoms with Gasteiger partial charge in [-0.1, -0.05) is 31.0 Å². The quantitative estimate of drug-likeness (QED) is 0.752. The molecule has 0 amide bonds. The van der Waals surface area contributed by atoms with Crippen LogP contribution in [0.5, 0.6) is 0 Å². The molecule has 0 spiro atoms. The number of rotatable bonds is 3. The SMILES string of the molecule is CCC1CCC(C#N)(Cc2ccc(F)c(Cl)c2)CC1. The van der Waals surface area contributed by atoms with Crippen LogP contribution in [-0.4, -0.2) is 0 Å². The highest BCUT2D eigenvalue weighted by Crippen LogP contribution is 2.42. The molecule has 0 radical (unpaired) electrons. The van der Waals surface area contributed by atoms with Crippen LogP contribution in [0.15, 0.2) is 18.2 Å². The Morgan fingerprint density at radius 1 is 1.42 bits per heavy atom. The Bertz CT molecular complexity index is 484. The molecule has 0 unspecified atom stereocenters. The second-order valence-electron chi connectivity index (χ2n) is 5.67. The van der Waals surface area contributed by atoms with Gasteiger partial charge in [0.2, 0.25) is 0 Å². The normalized spacial score (nSPS) is 26.9. The number of hydrogen-bond donors (Lipinski definition) is 0. The molecule has 1 aromatic carbocycles. The third-order valence-electron chi connectivity index (χ3n) is 4.40. The van der Waals surface area contributed by atoms with Crippen LogP contribution >= 0.6 is 11.6 Å². The van der Waals surface area contributed by atoms with Crippen LogP contribution in [0.2, 0.25) is 5.02 Å². The monoisotopic (exact) mass is 279 g/mol. The smallest absolute Gasteiger partial charge is 0.141 e. The van der Waals surface area contributed by atoms with E-state index in [1.165, 1.54) is 12.5 Å². The lowest BCUT2D eigenvalue weighted by Crippen LogP contribution is -2.28. The summed E-state index contributed by atoms with van der Waals surface area (Å²) in [4.78, 5) is 0. The summed E-state index contributed by atoms with van der Waals surface area (Å²) in [5.74, 6) is 0.365. The minimum Gasteiger partial charge on any atom is -0.205 e. The predicted octanol–water partition coefficient (Wildman–Crippen LogP) is 5.13. The van der Waals surface area contributed by atoms with Crippen molar-refractivity contribution >= 4 is 11.6 Å². The van der Waals surface area contributed by atoms with E-state index >= 15 is 0 Å². The lowest BCUT2D eigenvalue weighted by molar-refractivity contribution is 0.205. The van der Waals surface area contributed by atoms with Gasteiger partial charge in [-0.2, -0.15) is 5.26 Å². The Kier molecular flexibility index (Phi) is 4.47. The van der Waals surface area contributed by atoms with Gasteiger partial charge >= 0.3 is 0 Å². The van der Waals surface area contributed by atoms with Gasteiger partial charge in [0.1, 0.15) is 5.82 Å². The number of benzene rings is 1.